The van der Waals surface area contributed by atoms with Gasteiger partial charge in [-0.1, -0.05) is 37.3 Å². The number of carboxylic acids is 1. The molecule has 1 aromatic carbocycles. The lowest BCUT2D eigenvalue weighted by molar-refractivity contribution is -0.137. The van der Waals surface area contributed by atoms with Crippen LogP contribution in [-0.2, 0) is 4.79 Å². The molecule has 0 bridgehead atoms. The topological polar surface area (TPSA) is 54.4 Å². The van der Waals surface area contributed by atoms with Crippen LogP contribution in [0.4, 0.5) is 0 Å². The maximum atomic E-state index is 11.6. The van der Waals surface area contributed by atoms with Crippen molar-refractivity contribution in [3.63, 3.8) is 0 Å². The molecular weight excluding hydrogens is 192 g/mol. The van der Waals surface area contributed by atoms with Gasteiger partial charge in [-0.15, -0.1) is 0 Å². The number of hydrogen-bond donors (Lipinski definition) is 1. The van der Waals surface area contributed by atoms with Crippen LogP contribution in [0.3, 0.4) is 0 Å². The zero-order chi connectivity index (χ0) is 11.3. The standard InChI is InChI=1S/C12H14O3/c1-9(8-12(14)15)7-11(13)10-5-3-2-4-6-10/h2-6,9H,7-8H2,1H3,(H,14,15)/t9-/m1/s1. The van der Waals surface area contributed by atoms with Crippen LogP contribution < -0.4 is 0 Å². The Morgan fingerprint density at radius 1 is 1.20 bits per heavy atom. The number of ketones is 1. The summed E-state index contributed by atoms with van der Waals surface area (Å²) in [4.78, 5) is 22.1. The third-order valence-electron chi connectivity index (χ3n) is 2.15. The first kappa shape index (κ1) is 11.4. The van der Waals surface area contributed by atoms with Crippen molar-refractivity contribution in [2.75, 3.05) is 0 Å². The molecule has 0 saturated heterocycles. The first-order chi connectivity index (χ1) is 7.09. The molecule has 0 aliphatic carbocycles. The summed E-state index contributed by atoms with van der Waals surface area (Å²) < 4.78 is 0. The van der Waals surface area contributed by atoms with Crippen molar-refractivity contribution in [1.82, 2.24) is 0 Å². The second-order valence-corrected chi connectivity index (χ2v) is 3.70. The molecule has 80 valence electrons. The minimum Gasteiger partial charge on any atom is -0.481 e. The van der Waals surface area contributed by atoms with Gasteiger partial charge >= 0.3 is 5.97 Å². The minimum absolute atomic E-state index is 0.00403. The van der Waals surface area contributed by atoms with Crippen LogP contribution in [0.15, 0.2) is 30.3 Å². The van der Waals surface area contributed by atoms with Gasteiger partial charge in [0.25, 0.3) is 0 Å². The first-order valence-electron chi connectivity index (χ1n) is 4.89. The number of carbonyl (C=O) groups excluding carboxylic acids is 1. The number of Topliss-reactive ketones (excluding diaryl/α,β-unsaturated/α-hetero) is 1. The molecule has 0 spiro atoms. The number of benzene rings is 1. The molecular formula is C12H14O3. The van der Waals surface area contributed by atoms with Gasteiger partial charge in [0.1, 0.15) is 0 Å². The zero-order valence-electron chi connectivity index (χ0n) is 8.64. The summed E-state index contributed by atoms with van der Waals surface area (Å²) in [6.45, 7) is 1.77. The lowest BCUT2D eigenvalue weighted by Gasteiger charge is -2.07. The van der Waals surface area contributed by atoms with Crippen molar-refractivity contribution in [1.29, 1.82) is 0 Å². The zero-order valence-corrected chi connectivity index (χ0v) is 8.64. The molecule has 0 aromatic heterocycles. The Kier molecular flexibility index (Phi) is 4.03. The average Bonchev–Trinajstić information content (AvgIpc) is 2.17. The van der Waals surface area contributed by atoms with Gasteiger partial charge in [0.15, 0.2) is 5.78 Å². The molecule has 15 heavy (non-hydrogen) atoms. The highest BCUT2D eigenvalue weighted by atomic mass is 16.4. The molecule has 1 aromatic rings. The molecule has 0 unspecified atom stereocenters. The number of aliphatic carboxylic acids is 1. The van der Waals surface area contributed by atoms with Crippen molar-refractivity contribution in [3.8, 4) is 0 Å². The molecule has 0 fully saturated rings. The predicted octanol–water partition coefficient (Wildman–Crippen LogP) is 2.37. The lowest BCUT2D eigenvalue weighted by Crippen LogP contribution is -2.10. The predicted molar refractivity (Wildman–Crippen MR) is 56.8 cm³/mol. The monoisotopic (exact) mass is 206 g/mol. The molecule has 1 rings (SSSR count). The Morgan fingerprint density at radius 2 is 1.80 bits per heavy atom. The van der Waals surface area contributed by atoms with Gasteiger partial charge in [-0.05, 0) is 5.92 Å². The second kappa shape index (κ2) is 5.29. The van der Waals surface area contributed by atoms with E-state index in [-0.39, 0.29) is 24.5 Å². The van der Waals surface area contributed by atoms with Crippen LogP contribution in [0.1, 0.15) is 30.1 Å². The van der Waals surface area contributed by atoms with Crippen LogP contribution in [0.5, 0.6) is 0 Å². The van der Waals surface area contributed by atoms with Crippen LogP contribution in [0.2, 0.25) is 0 Å². The highest BCUT2D eigenvalue weighted by Crippen LogP contribution is 2.12. The molecule has 0 aliphatic rings. The van der Waals surface area contributed by atoms with E-state index in [1.54, 1.807) is 31.2 Å². The van der Waals surface area contributed by atoms with Gasteiger partial charge in [-0.2, -0.15) is 0 Å². The molecule has 3 nitrogen and oxygen atoms in total. The van der Waals surface area contributed by atoms with E-state index >= 15 is 0 Å². The van der Waals surface area contributed by atoms with Gasteiger partial charge < -0.3 is 5.11 Å². The van der Waals surface area contributed by atoms with Gasteiger partial charge in [-0.3, -0.25) is 9.59 Å². The number of carbonyl (C=O) groups is 2. The molecule has 0 heterocycles. The quantitative estimate of drug-likeness (QED) is 0.752. The van der Waals surface area contributed by atoms with E-state index in [1.165, 1.54) is 0 Å². The minimum atomic E-state index is -0.858. The normalized spacial score (nSPS) is 12.1. The fourth-order valence-corrected chi connectivity index (χ4v) is 1.43. The maximum absolute atomic E-state index is 11.6. The first-order valence-corrected chi connectivity index (χ1v) is 4.89. The number of rotatable bonds is 5. The van der Waals surface area contributed by atoms with Crippen molar-refractivity contribution >= 4 is 11.8 Å². The Morgan fingerprint density at radius 3 is 2.33 bits per heavy atom. The van der Waals surface area contributed by atoms with Gasteiger partial charge in [0, 0.05) is 18.4 Å². The van der Waals surface area contributed by atoms with Crippen molar-refractivity contribution in [2.45, 2.75) is 19.8 Å². The third kappa shape index (κ3) is 3.94. The fourth-order valence-electron chi connectivity index (χ4n) is 1.43. The smallest absolute Gasteiger partial charge is 0.303 e. The Labute approximate surface area is 88.7 Å². The van der Waals surface area contributed by atoms with E-state index in [9.17, 15) is 9.59 Å². The van der Waals surface area contributed by atoms with E-state index < -0.39 is 5.97 Å². The van der Waals surface area contributed by atoms with E-state index in [1.807, 2.05) is 6.07 Å². The highest BCUT2D eigenvalue weighted by Gasteiger charge is 2.13. The van der Waals surface area contributed by atoms with Crippen molar-refractivity contribution < 1.29 is 14.7 Å². The van der Waals surface area contributed by atoms with Crippen LogP contribution in [-0.4, -0.2) is 16.9 Å². The molecule has 1 atom stereocenters. The molecule has 3 heteroatoms. The summed E-state index contributed by atoms with van der Waals surface area (Å²) in [7, 11) is 0. The summed E-state index contributed by atoms with van der Waals surface area (Å²) in [5.74, 6) is -0.970. The van der Waals surface area contributed by atoms with Gasteiger partial charge in [0.05, 0.1) is 0 Å². The summed E-state index contributed by atoms with van der Waals surface area (Å²) in [6, 6.07) is 8.94. The van der Waals surface area contributed by atoms with Crippen molar-refractivity contribution in [2.24, 2.45) is 5.92 Å². The largest absolute Gasteiger partial charge is 0.481 e. The second-order valence-electron chi connectivity index (χ2n) is 3.70. The van der Waals surface area contributed by atoms with E-state index in [0.717, 1.165) is 0 Å². The Bertz CT molecular complexity index is 343. The molecule has 0 saturated carbocycles. The summed E-state index contributed by atoms with van der Waals surface area (Å²) >= 11 is 0. The molecule has 0 aliphatic heterocycles. The Balaban J connectivity index is 2.53. The SMILES string of the molecule is C[C@@H](CC(=O)O)CC(=O)c1ccccc1. The van der Waals surface area contributed by atoms with Crippen molar-refractivity contribution in [3.05, 3.63) is 35.9 Å². The van der Waals surface area contributed by atoms with Crippen LogP contribution in [0, 0.1) is 5.92 Å². The summed E-state index contributed by atoms with van der Waals surface area (Å²) in [5, 5.41) is 8.56. The van der Waals surface area contributed by atoms with Gasteiger partial charge in [-0.25, -0.2) is 0 Å². The highest BCUT2D eigenvalue weighted by molar-refractivity contribution is 5.96. The maximum Gasteiger partial charge on any atom is 0.303 e. The lowest BCUT2D eigenvalue weighted by atomic mass is 9.97. The van der Waals surface area contributed by atoms with E-state index in [0.29, 0.717) is 5.56 Å². The van der Waals surface area contributed by atoms with Crippen LogP contribution >= 0.6 is 0 Å². The van der Waals surface area contributed by atoms with E-state index in [2.05, 4.69) is 0 Å². The fraction of sp³-hybridized carbons (Fsp3) is 0.333. The number of hydrogen-bond acceptors (Lipinski definition) is 2. The van der Waals surface area contributed by atoms with Crippen LogP contribution in [0.25, 0.3) is 0 Å². The van der Waals surface area contributed by atoms with Gasteiger partial charge in [0.2, 0.25) is 0 Å². The third-order valence-corrected chi connectivity index (χ3v) is 2.15. The summed E-state index contributed by atoms with van der Waals surface area (Å²) in [6.07, 6.45) is 0.328. The summed E-state index contributed by atoms with van der Waals surface area (Å²) in [5.41, 5.74) is 0.648. The molecule has 0 amide bonds. The molecule has 1 N–H and O–H groups in total. The van der Waals surface area contributed by atoms with E-state index in [4.69, 9.17) is 5.11 Å². The average molecular weight is 206 g/mol. The Hall–Kier alpha value is -1.64. The molecule has 0 radical (unpaired) electrons. The number of carboxylic acid groups (broad SMARTS) is 1.